The van der Waals surface area contributed by atoms with Gasteiger partial charge in [0.25, 0.3) is 0 Å². The minimum atomic E-state index is -0.513. The average molecular weight is 309 g/mol. The first-order valence-electron chi connectivity index (χ1n) is 5.84. The fourth-order valence-corrected chi connectivity index (χ4v) is 2.31. The van der Waals surface area contributed by atoms with E-state index in [0.717, 1.165) is 15.6 Å². The number of aliphatic hydroxyl groups is 1. The maximum absolute atomic E-state index is 13.1. The van der Waals surface area contributed by atoms with Gasteiger partial charge in [0.05, 0.1) is 6.10 Å². The van der Waals surface area contributed by atoms with Gasteiger partial charge in [-0.15, -0.1) is 0 Å². The maximum atomic E-state index is 13.1. The fraction of sp³-hybridized carbons (Fsp3) is 0.200. The summed E-state index contributed by atoms with van der Waals surface area (Å²) in [5, 5.41) is 10.0. The van der Waals surface area contributed by atoms with E-state index in [9.17, 15) is 9.50 Å². The van der Waals surface area contributed by atoms with Crippen LogP contribution in [-0.2, 0) is 6.42 Å². The smallest absolute Gasteiger partial charge is 0.123 e. The Balaban J connectivity index is 2.01. The number of hydrogen-bond acceptors (Lipinski definition) is 1. The summed E-state index contributed by atoms with van der Waals surface area (Å²) in [5.74, 6) is -0.248. The van der Waals surface area contributed by atoms with Crippen LogP contribution in [0.25, 0.3) is 0 Å². The van der Waals surface area contributed by atoms with E-state index in [4.69, 9.17) is 0 Å². The standard InChI is InChI=1S/C15H14BrFO/c16-14-8-7-13(17)10-12(14)6-9-15(18)11-4-2-1-3-5-11/h1-5,7-8,10,15,18H,6,9H2. The second-order valence-electron chi connectivity index (χ2n) is 4.20. The lowest BCUT2D eigenvalue weighted by atomic mass is 10.0. The fourth-order valence-electron chi connectivity index (χ4n) is 1.87. The van der Waals surface area contributed by atoms with Crippen molar-refractivity contribution in [2.45, 2.75) is 18.9 Å². The summed E-state index contributed by atoms with van der Waals surface area (Å²) < 4.78 is 14.0. The zero-order valence-electron chi connectivity index (χ0n) is 9.81. The van der Waals surface area contributed by atoms with E-state index in [1.54, 1.807) is 6.07 Å². The van der Waals surface area contributed by atoms with Crippen molar-refractivity contribution < 1.29 is 9.50 Å². The van der Waals surface area contributed by atoms with Crippen LogP contribution in [0.4, 0.5) is 4.39 Å². The van der Waals surface area contributed by atoms with E-state index in [2.05, 4.69) is 15.9 Å². The monoisotopic (exact) mass is 308 g/mol. The molecule has 1 nitrogen and oxygen atoms in total. The van der Waals surface area contributed by atoms with Crippen LogP contribution in [0.3, 0.4) is 0 Å². The number of aliphatic hydroxyl groups excluding tert-OH is 1. The zero-order valence-corrected chi connectivity index (χ0v) is 11.4. The van der Waals surface area contributed by atoms with Crippen LogP contribution in [0.5, 0.6) is 0 Å². The molecule has 0 heterocycles. The van der Waals surface area contributed by atoms with Crippen LogP contribution in [0.2, 0.25) is 0 Å². The third-order valence-corrected chi connectivity index (χ3v) is 3.65. The molecule has 0 aliphatic carbocycles. The highest BCUT2D eigenvalue weighted by Gasteiger charge is 2.09. The molecule has 94 valence electrons. The van der Waals surface area contributed by atoms with E-state index in [1.165, 1.54) is 12.1 Å². The van der Waals surface area contributed by atoms with Crippen molar-refractivity contribution in [2.24, 2.45) is 0 Å². The number of halogens is 2. The Kier molecular flexibility index (Phi) is 4.50. The Morgan fingerprint density at radius 2 is 1.83 bits per heavy atom. The summed E-state index contributed by atoms with van der Waals surface area (Å²) in [6.45, 7) is 0. The van der Waals surface area contributed by atoms with E-state index in [-0.39, 0.29) is 5.82 Å². The van der Waals surface area contributed by atoms with Crippen molar-refractivity contribution in [1.29, 1.82) is 0 Å². The molecule has 2 aromatic carbocycles. The van der Waals surface area contributed by atoms with Crippen LogP contribution in [0, 0.1) is 5.82 Å². The molecular weight excluding hydrogens is 295 g/mol. The van der Waals surface area contributed by atoms with E-state index in [0.29, 0.717) is 12.8 Å². The minimum absolute atomic E-state index is 0.248. The molecule has 0 saturated carbocycles. The van der Waals surface area contributed by atoms with Crippen molar-refractivity contribution >= 4 is 15.9 Å². The first kappa shape index (κ1) is 13.2. The van der Waals surface area contributed by atoms with E-state index < -0.39 is 6.10 Å². The summed E-state index contributed by atoms with van der Waals surface area (Å²) in [7, 11) is 0. The van der Waals surface area contributed by atoms with Gasteiger partial charge in [0.2, 0.25) is 0 Å². The molecule has 0 aliphatic heterocycles. The molecule has 1 N–H and O–H groups in total. The van der Waals surface area contributed by atoms with Crippen molar-refractivity contribution in [1.82, 2.24) is 0 Å². The molecule has 0 saturated heterocycles. The SMILES string of the molecule is OC(CCc1cc(F)ccc1Br)c1ccccc1. The second kappa shape index (κ2) is 6.12. The van der Waals surface area contributed by atoms with Gasteiger partial charge in [-0.25, -0.2) is 4.39 Å². The molecule has 0 radical (unpaired) electrons. The summed E-state index contributed by atoms with van der Waals surface area (Å²) in [6.07, 6.45) is 0.696. The summed E-state index contributed by atoms with van der Waals surface area (Å²) >= 11 is 3.39. The summed E-state index contributed by atoms with van der Waals surface area (Å²) in [4.78, 5) is 0. The Hall–Kier alpha value is -1.19. The van der Waals surface area contributed by atoms with Crippen molar-refractivity contribution in [2.75, 3.05) is 0 Å². The largest absolute Gasteiger partial charge is 0.388 e. The molecule has 18 heavy (non-hydrogen) atoms. The molecule has 1 atom stereocenters. The second-order valence-corrected chi connectivity index (χ2v) is 5.06. The Morgan fingerprint density at radius 1 is 1.11 bits per heavy atom. The average Bonchev–Trinajstić information content (AvgIpc) is 2.40. The molecular formula is C15H14BrFO. The van der Waals surface area contributed by atoms with Gasteiger partial charge in [-0.2, -0.15) is 0 Å². The molecule has 0 bridgehead atoms. The topological polar surface area (TPSA) is 20.2 Å². The molecule has 0 aromatic heterocycles. The number of benzene rings is 2. The normalized spacial score (nSPS) is 12.4. The third-order valence-electron chi connectivity index (χ3n) is 2.88. The van der Waals surface area contributed by atoms with Crippen LogP contribution >= 0.6 is 15.9 Å². The van der Waals surface area contributed by atoms with Crippen molar-refractivity contribution in [3.8, 4) is 0 Å². The van der Waals surface area contributed by atoms with E-state index >= 15 is 0 Å². The summed E-state index contributed by atoms with van der Waals surface area (Å²) in [6, 6.07) is 14.1. The van der Waals surface area contributed by atoms with Gasteiger partial charge < -0.3 is 5.11 Å². The molecule has 2 aromatic rings. The van der Waals surface area contributed by atoms with Crippen LogP contribution in [0.1, 0.15) is 23.7 Å². The Labute approximate surface area is 114 Å². The van der Waals surface area contributed by atoms with E-state index in [1.807, 2.05) is 30.3 Å². The lowest BCUT2D eigenvalue weighted by molar-refractivity contribution is 0.168. The number of hydrogen-bond donors (Lipinski definition) is 1. The van der Waals surface area contributed by atoms with Crippen molar-refractivity contribution in [3.63, 3.8) is 0 Å². The lowest BCUT2D eigenvalue weighted by Crippen LogP contribution is -2.00. The van der Waals surface area contributed by atoms with Gasteiger partial charge in [0.15, 0.2) is 0 Å². The van der Waals surface area contributed by atoms with Crippen LogP contribution < -0.4 is 0 Å². The lowest BCUT2D eigenvalue weighted by Gasteiger charge is -2.11. The first-order valence-corrected chi connectivity index (χ1v) is 6.63. The summed E-state index contributed by atoms with van der Waals surface area (Å²) in [5.41, 5.74) is 1.77. The zero-order chi connectivity index (χ0) is 13.0. The van der Waals surface area contributed by atoms with Gasteiger partial charge in [0, 0.05) is 4.47 Å². The maximum Gasteiger partial charge on any atom is 0.123 e. The van der Waals surface area contributed by atoms with Crippen LogP contribution in [0.15, 0.2) is 53.0 Å². The molecule has 0 amide bonds. The molecule has 0 fully saturated rings. The number of aryl methyl sites for hydroxylation is 1. The highest BCUT2D eigenvalue weighted by molar-refractivity contribution is 9.10. The van der Waals surface area contributed by atoms with Gasteiger partial charge in [-0.05, 0) is 42.2 Å². The Morgan fingerprint density at radius 3 is 2.56 bits per heavy atom. The molecule has 3 heteroatoms. The molecule has 0 spiro atoms. The third kappa shape index (κ3) is 3.40. The minimum Gasteiger partial charge on any atom is -0.388 e. The van der Waals surface area contributed by atoms with Gasteiger partial charge in [-0.1, -0.05) is 46.3 Å². The highest BCUT2D eigenvalue weighted by Crippen LogP contribution is 2.23. The van der Waals surface area contributed by atoms with Gasteiger partial charge in [0.1, 0.15) is 5.82 Å². The Bertz CT molecular complexity index is 513. The highest BCUT2D eigenvalue weighted by atomic mass is 79.9. The quantitative estimate of drug-likeness (QED) is 0.895. The molecule has 2 rings (SSSR count). The molecule has 0 aliphatic rings. The van der Waals surface area contributed by atoms with Crippen molar-refractivity contribution in [3.05, 3.63) is 69.9 Å². The first-order chi connectivity index (χ1) is 8.66. The predicted molar refractivity (Wildman–Crippen MR) is 73.8 cm³/mol. The van der Waals surface area contributed by atoms with Gasteiger partial charge >= 0.3 is 0 Å². The van der Waals surface area contributed by atoms with Crippen LogP contribution in [-0.4, -0.2) is 5.11 Å². The predicted octanol–water partition coefficient (Wildman–Crippen LogP) is 4.25. The number of rotatable bonds is 4. The molecule has 1 unspecified atom stereocenters. The van der Waals surface area contributed by atoms with Gasteiger partial charge in [-0.3, -0.25) is 0 Å².